The molecule has 0 fully saturated rings. The number of hydrogen-bond acceptors (Lipinski definition) is 7. The molecule has 0 aliphatic heterocycles. The van der Waals surface area contributed by atoms with Crippen molar-refractivity contribution in [3.05, 3.63) is 90.0 Å². The summed E-state index contributed by atoms with van der Waals surface area (Å²) in [4.78, 5) is 19.1. The van der Waals surface area contributed by atoms with E-state index in [1.54, 1.807) is 24.7 Å². The summed E-state index contributed by atoms with van der Waals surface area (Å²) >= 11 is 0. The molecule has 4 aromatic rings. The van der Waals surface area contributed by atoms with Crippen molar-refractivity contribution in [1.29, 1.82) is 0 Å². The SMILES string of the molecule is CC(C)(c1ccc(OCCCNC(=O)O)cc1)c1ccc(OCc2ccnc(-n3ccnn3)n2)cc1. The third-order valence-corrected chi connectivity index (χ3v) is 5.73. The Hall–Kier alpha value is -4.47. The van der Waals surface area contributed by atoms with Gasteiger partial charge >= 0.3 is 6.09 Å². The molecule has 0 radical (unpaired) electrons. The number of nitrogens with zero attached hydrogens (tertiary/aromatic N) is 5. The highest BCUT2D eigenvalue weighted by molar-refractivity contribution is 5.64. The van der Waals surface area contributed by atoms with Crippen molar-refractivity contribution in [3.8, 4) is 17.4 Å². The van der Waals surface area contributed by atoms with Gasteiger partial charge in [-0.3, -0.25) is 0 Å². The van der Waals surface area contributed by atoms with Crippen molar-refractivity contribution in [3.63, 3.8) is 0 Å². The molecule has 0 saturated carbocycles. The third kappa shape index (κ3) is 6.35. The van der Waals surface area contributed by atoms with Gasteiger partial charge in [0.2, 0.25) is 0 Å². The van der Waals surface area contributed by atoms with Crippen molar-refractivity contribution < 1.29 is 19.4 Å². The number of hydrogen-bond donors (Lipinski definition) is 2. The van der Waals surface area contributed by atoms with E-state index in [9.17, 15) is 4.79 Å². The Balaban J connectivity index is 1.32. The van der Waals surface area contributed by atoms with Gasteiger partial charge in [0, 0.05) is 18.2 Å². The fourth-order valence-electron chi connectivity index (χ4n) is 3.61. The number of ether oxygens (including phenoxy) is 2. The lowest BCUT2D eigenvalue weighted by molar-refractivity contribution is 0.193. The Bertz CT molecular complexity index is 1260. The Morgan fingerprint density at radius 3 is 2.25 bits per heavy atom. The minimum atomic E-state index is -1.02. The van der Waals surface area contributed by atoms with Crippen LogP contribution in [0.15, 0.2) is 73.2 Å². The van der Waals surface area contributed by atoms with Gasteiger partial charge in [-0.05, 0) is 47.9 Å². The van der Waals surface area contributed by atoms with Crippen molar-refractivity contribution in [1.82, 2.24) is 30.3 Å². The van der Waals surface area contributed by atoms with Crippen LogP contribution in [0.3, 0.4) is 0 Å². The number of amides is 1. The van der Waals surface area contributed by atoms with Gasteiger partial charge in [-0.15, -0.1) is 5.10 Å². The highest BCUT2D eigenvalue weighted by atomic mass is 16.5. The molecule has 0 aliphatic carbocycles. The summed E-state index contributed by atoms with van der Waals surface area (Å²) in [6.45, 7) is 5.46. The average Bonchev–Trinajstić information content (AvgIpc) is 3.43. The van der Waals surface area contributed by atoms with Crippen LogP contribution < -0.4 is 14.8 Å². The van der Waals surface area contributed by atoms with Crippen LogP contribution in [0.4, 0.5) is 4.79 Å². The topological polar surface area (TPSA) is 124 Å². The lowest BCUT2D eigenvalue weighted by Crippen LogP contribution is -2.23. The van der Waals surface area contributed by atoms with Crippen molar-refractivity contribution in [2.24, 2.45) is 0 Å². The first kappa shape index (κ1) is 24.6. The Morgan fingerprint density at radius 2 is 1.64 bits per heavy atom. The summed E-state index contributed by atoms with van der Waals surface area (Å²) < 4.78 is 13.1. The van der Waals surface area contributed by atoms with E-state index >= 15 is 0 Å². The minimum absolute atomic E-state index is 0.220. The van der Waals surface area contributed by atoms with E-state index in [0.717, 1.165) is 28.3 Å². The number of carboxylic acid groups (broad SMARTS) is 1. The number of aromatic nitrogens is 5. The summed E-state index contributed by atoms with van der Waals surface area (Å²) in [6.07, 6.45) is 4.51. The van der Waals surface area contributed by atoms with E-state index < -0.39 is 6.09 Å². The fraction of sp³-hybridized carbons (Fsp3) is 0.269. The minimum Gasteiger partial charge on any atom is -0.494 e. The van der Waals surface area contributed by atoms with Crippen LogP contribution in [0.5, 0.6) is 11.5 Å². The highest BCUT2D eigenvalue weighted by Gasteiger charge is 2.23. The standard InChI is InChI=1S/C26H28N6O4/c1-26(2,19-4-8-22(9-5-19)35-17-3-13-28-25(33)34)20-6-10-23(11-7-20)36-18-21-12-14-27-24(30-21)32-16-15-29-31-32/h4-12,14-16,28H,3,13,17-18H2,1-2H3,(H,33,34). The van der Waals surface area contributed by atoms with E-state index in [2.05, 4.69) is 63.7 Å². The van der Waals surface area contributed by atoms with Gasteiger partial charge in [-0.25, -0.2) is 14.8 Å². The predicted molar refractivity (Wildman–Crippen MR) is 132 cm³/mol. The zero-order valence-corrected chi connectivity index (χ0v) is 20.2. The molecule has 10 nitrogen and oxygen atoms in total. The summed E-state index contributed by atoms with van der Waals surface area (Å²) in [5, 5.41) is 18.6. The highest BCUT2D eigenvalue weighted by Crippen LogP contribution is 2.33. The molecule has 0 saturated heterocycles. The van der Waals surface area contributed by atoms with Gasteiger partial charge in [-0.2, -0.15) is 4.68 Å². The number of benzene rings is 2. The maximum Gasteiger partial charge on any atom is 0.404 e. The zero-order valence-electron chi connectivity index (χ0n) is 20.2. The van der Waals surface area contributed by atoms with E-state index in [1.165, 1.54) is 4.68 Å². The monoisotopic (exact) mass is 488 g/mol. The molecule has 0 spiro atoms. The van der Waals surface area contributed by atoms with E-state index in [0.29, 0.717) is 32.1 Å². The fourth-order valence-corrected chi connectivity index (χ4v) is 3.61. The van der Waals surface area contributed by atoms with Crippen molar-refractivity contribution >= 4 is 6.09 Å². The molecule has 2 N–H and O–H groups in total. The summed E-state index contributed by atoms with van der Waals surface area (Å²) in [6, 6.07) is 17.8. The molecule has 36 heavy (non-hydrogen) atoms. The quantitative estimate of drug-likeness (QED) is 0.304. The summed E-state index contributed by atoms with van der Waals surface area (Å²) in [5.74, 6) is 1.94. The van der Waals surface area contributed by atoms with Gasteiger partial charge in [0.25, 0.3) is 5.95 Å². The molecule has 1 amide bonds. The van der Waals surface area contributed by atoms with E-state index in [4.69, 9.17) is 14.6 Å². The van der Waals surface area contributed by atoms with Gasteiger partial charge < -0.3 is 19.9 Å². The molecule has 2 heterocycles. The van der Waals surface area contributed by atoms with Gasteiger partial charge in [0.1, 0.15) is 18.1 Å². The first-order chi connectivity index (χ1) is 17.4. The number of carbonyl (C=O) groups is 1. The second-order valence-electron chi connectivity index (χ2n) is 8.59. The number of rotatable bonds is 11. The second-order valence-corrected chi connectivity index (χ2v) is 8.59. The van der Waals surface area contributed by atoms with Crippen LogP contribution in [0.25, 0.3) is 5.95 Å². The molecule has 2 aromatic heterocycles. The Kier molecular flexibility index (Phi) is 7.74. The Morgan fingerprint density at radius 1 is 0.972 bits per heavy atom. The van der Waals surface area contributed by atoms with Crippen molar-refractivity contribution in [2.75, 3.05) is 13.2 Å². The lowest BCUT2D eigenvalue weighted by atomic mass is 9.78. The van der Waals surface area contributed by atoms with Crippen molar-refractivity contribution in [2.45, 2.75) is 32.3 Å². The smallest absolute Gasteiger partial charge is 0.404 e. The van der Waals surface area contributed by atoms with Crippen LogP contribution >= 0.6 is 0 Å². The Labute approximate surface area is 208 Å². The molecule has 0 atom stereocenters. The number of nitrogens with one attached hydrogen (secondary N) is 1. The summed E-state index contributed by atoms with van der Waals surface area (Å²) in [5.41, 5.74) is 2.82. The van der Waals surface area contributed by atoms with Crippen LogP contribution in [0.2, 0.25) is 0 Å². The zero-order chi connectivity index (χ0) is 25.4. The van der Waals surface area contributed by atoms with Gasteiger partial charge in [-0.1, -0.05) is 43.3 Å². The normalized spacial score (nSPS) is 11.2. The second kappa shape index (κ2) is 11.3. The molecule has 186 valence electrons. The van der Waals surface area contributed by atoms with Crippen LogP contribution in [0.1, 0.15) is 37.1 Å². The molecular formula is C26H28N6O4. The van der Waals surface area contributed by atoms with E-state index in [-0.39, 0.29) is 5.41 Å². The molecule has 4 rings (SSSR count). The summed E-state index contributed by atoms with van der Waals surface area (Å²) in [7, 11) is 0. The average molecular weight is 489 g/mol. The molecule has 0 aliphatic rings. The van der Waals surface area contributed by atoms with Crippen LogP contribution in [-0.2, 0) is 12.0 Å². The molecule has 0 bridgehead atoms. The predicted octanol–water partition coefficient (Wildman–Crippen LogP) is 4.00. The molecule has 0 unspecified atom stereocenters. The first-order valence-electron chi connectivity index (χ1n) is 11.5. The van der Waals surface area contributed by atoms with Crippen LogP contribution in [0, 0.1) is 0 Å². The van der Waals surface area contributed by atoms with Crippen LogP contribution in [-0.4, -0.2) is 49.3 Å². The van der Waals surface area contributed by atoms with Gasteiger partial charge in [0.05, 0.1) is 24.7 Å². The largest absolute Gasteiger partial charge is 0.494 e. The first-order valence-corrected chi connectivity index (χ1v) is 11.5. The molecular weight excluding hydrogens is 460 g/mol. The maximum atomic E-state index is 10.5. The third-order valence-electron chi connectivity index (χ3n) is 5.73. The molecule has 2 aromatic carbocycles. The van der Waals surface area contributed by atoms with Gasteiger partial charge in [0.15, 0.2) is 0 Å². The lowest BCUT2D eigenvalue weighted by Gasteiger charge is -2.26. The maximum absolute atomic E-state index is 10.5. The molecule has 10 heteroatoms. The van der Waals surface area contributed by atoms with E-state index in [1.807, 2.05) is 24.3 Å².